The van der Waals surface area contributed by atoms with E-state index in [1.165, 1.54) is 0 Å². The Morgan fingerprint density at radius 1 is 1.47 bits per heavy atom. The number of aromatic nitrogens is 2. The van der Waals surface area contributed by atoms with Crippen molar-refractivity contribution in [2.24, 2.45) is 5.92 Å². The summed E-state index contributed by atoms with van der Waals surface area (Å²) in [5, 5.41) is 3.32. The second-order valence-electron chi connectivity index (χ2n) is 5.53. The molecule has 0 atom stereocenters. The van der Waals surface area contributed by atoms with Crippen LogP contribution in [0.1, 0.15) is 44.1 Å². The van der Waals surface area contributed by atoms with Crippen molar-refractivity contribution in [3.63, 3.8) is 0 Å². The lowest BCUT2D eigenvalue weighted by Crippen LogP contribution is -2.24. The minimum absolute atomic E-state index is 0.0576. The van der Waals surface area contributed by atoms with Gasteiger partial charge in [0.2, 0.25) is 0 Å². The maximum atomic E-state index is 11.7. The minimum Gasteiger partial charge on any atom is -0.381 e. The molecule has 1 aromatic rings. The molecule has 0 unspecified atom stereocenters. The quantitative estimate of drug-likeness (QED) is 0.844. The molecule has 19 heavy (non-hydrogen) atoms. The zero-order chi connectivity index (χ0) is 13.7. The molecule has 106 valence electrons. The van der Waals surface area contributed by atoms with Crippen molar-refractivity contribution in [3.8, 4) is 0 Å². The number of hydrogen-bond acceptors (Lipinski definition) is 4. The molecule has 1 fully saturated rings. The molecule has 0 spiro atoms. The Labute approximate surface area is 113 Å². The molecular formula is C14H23N3O2. The molecule has 1 aliphatic rings. The summed E-state index contributed by atoms with van der Waals surface area (Å²) in [6.07, 6.45) is 1.87. The molecule has 0 bridgehead atoms. The standard InChI is InChI=1S/C14H23N3O2/c1-10(2)8-15-9-12-7-13(18)17-14(16-12)11-3-5-19-6-4-11/h7,10-11,15H,3-6,8-9H2,1-2H3,(H,16,17,18). The van der Waals surface area contributed by atoms with Gasteiger partial charge in [0, 0.05) is 31.7 Å². The van der Waals surface area contributed by atoms with Gasteiger partial charge in [-0.3, -0.25) is 4.79 Å². The topological polar surface area (TPSA) is 67.0 Å². The third-order valence-corrected chi connectivity index (χ3v) is 3.28. The van der Waals surface area contributed by atoms with E-state index in [0.29, 0.717) is 18.4 Å². The van der Waals surface area contributed by atoms with Gasteiger partial charge in [-0.1, -0.05) is 13.8 Å². The summed E-state index contributed by atoms with van der Waals surface area (Å²) in [7, 11) is 0. The molecule has 2 rings (SSSR count). The van der Waals surface area contributed by atoms with Crippen LogP contribution in [0.15, 0.2) is 10.9 Å². The molecule has 1 saturated heterocycles. The summed E-state index contributed by atoms with van der Waals surface area (Å²) in [6, 6.07) is 1.58. The number of nitrogens with zero attached hydrogens (tertiary/aromatic N) is 1. The van der Waals surface area contributed by atoms with Crippen LogP contribution in [0.4, 0.5) is 0 Å². The Morgan fingerprint density at radius 2 is 2.21 bits per heavy atom. The van der Waals surface area contributed by atoms with E-state index >= 15 is 0 Å². The molecule has 0 radical (unpaired) electrons. The highest BCUT2D eigenvalue weighted by Crippen LogP contribution is 2.23. The Kier molecular flexibility index (Phi) is 5.10. The monoisotopic (exact) mass is 265 g/mol. The average molecular weight is 265 g/mol. The van der Waals surface area contributed by atoms with E-state index in [4.69, 9.17) is 4.74 Å². The number of ether oxygens (including phenoxy) is 1. The van der Waals surface area contributed by atoms with Gasteiger partial charge in [0.15, 0.2) is 0 Å². The average Bonchev–Trinajstić information content (AvgIpc) is 2.39. The van der Waals surface area contributed by atoms with E-state index in [1.807, 2.05) is 0 Å². The fourth-order valence-corrected chi connectivity index (χ4v) is 2.27. The molecular weight excluding hydrogens is 242 g/mol. The van der Waals surface area contributed by atoms with Gasteiger partial charge in [0.05, 0.1) is 5.69 Å². The summed E-state index contributed by atoms with van der Waals surface area (Å²) >= 11 is 0. The Morgan fingerprint density at radius 3 is 2.89 bits per heavy atom. The van der Waals surface area contributed by atoms with Crippen molar-refractivity contribution >= 4 is 0 Å². The van der Waals surface area contributed by atoms with Crippen LogP contribution in [0.25, 0.3) is 0 Å². The second kappa shape index (κ2) is 6.82. The highest BCUT2D eigenvalue weighted by molar-refractivity contribution is 5.06. The molecule has 1 aliphatic heterocycles. The van der Waals surface area contributed by atoms with Gasteiger partial charge in [-0.15, -0.1) is 0 Å². The van der Waals surface area contributed by atoms with Crippen LogP contribution in [-0.4, -0.2) is 29.7 Å². The van der Waals surface area contributed by atoms with Crippen LogP contribution in [0, 0.1) is 5.92 Å². The van der Waals surface area contributed by atoms with Gasteiger partial charge < -0.3 is 15.0 Å². The van der Waals surface area contributed by atoms with Gasteiger partial charge in [-0.2, -0.15) is 0 Å². The summed E-state index contributed by atoms with van der Waals surface area (Å²) in [6.45, 7) is 7.41. The lowest BCUT2D eigenvalue weighted by molar-refractivity contribution is 0.0834. The lowest BCUT2D eigenvalue weighted by atomic mass is 9.99. The zero-order valence-corrected chi connectivity index (χ0v) is 11.7. The zero-order valence-electron chi connectivity index (χ0n) is 11.7. The predicted octanol–water partition coefficient (Wildman–Crippen LogP) is 1.41. The fourth-order valence-electron chi connectivity index (χ4n) is 2.27. The molecule has 2 heterocycles. The summed E-state index contributed by atoms with van der Waals surface area (Å²) in [5.74, 6) is 1.74. The van der Waals surface area contributed by atoms with Crippen molar-refractivity contribution in [1.29, 1.82) is 0 Å². The first-order chi connectivity index (χ1) is 9.15. The first kappa shape index (κ1) is 14.2. The second-order valence-corrected chi connectivity index (χ2v) is 5.53. The third-order valence-electron chi connectivity index (χ3n) is 3.28. The summed E-state index contributed by atoms with van der Waals surface area (Å²) in [5.41, 5.74) is 0.767. The summed E-state index contributed by atoms with van der Waals surface area (Å²) < 4.78 is 5.34. The predicted molar refractivity (Wildman–Crippen MR) is 74.2 cm³/mol. The van der Waals surface area contributed by atoms with Crippen LogP contribution in [0.3, 0.4) is 0 Å². The molecule has 5 heteroatoms. The molecule has 0 saturated carbocycles. The first-order valence-corrected chi connectivity index (χ1v) is 7.03. The molecule has 5 nitrogen and oxygen atoms in total. The number of hydrogen-bond donors (Lipinski definition) is 2. The van der Waals surface area contributed by atoms with Crippen molar-refractivity contribution in [2.45, 2.75) is 39.2 Å². The van der Waals surface area contributed by atoms with Gasteiger partial charge in [-0.05, 0) is 25.3 Å². The van der Waals surface area contributed by atoms with E-state index in [1.54, 1.807) is 6.07 Å². The Balaban J connectivity index is 2.03. The molecule has 2 N–H and O–H groups in total. The minimum atomic E-state index is -0.0576. The first-order valence-electron chi connectivity index (χ1n) is 7.03. The maximum Gasteiger partial charge on any atom is 0.251 e. The molecule has 1 aromatic heterocycles. The van der Waals surface area contributed by atoms with E-state index < -0.39 is 0 Å². The lowest BCUT2D eigenvalue weighted by Gasteiger charge is -2.21. The maximum absolute atomic E-state index is 11.7. The van der Waals surface area contributed by atoms with Crippen molar-refractivity contribution in [3.05, 3.63) is 27.9 Å². The van der Waals surface area contributed by atoms with Crippen LogP contribution >= 0.6 is 0 Å². The van der Waals surface area contributed by atoms with Gasteiger partial charge >= 0.3 is 0 Å². The van der Waals surface area contributed by atoms with Crippen LogP contribution in [0.2, 0.25) is 0 Å². The van der Waals surface area contributed by atoms with E-state index in [2.05, 4.69) is 29.1 Å². The van der Waals surface area contributed by atoms with Crippen molar-refractivity contribution < 1.29 is 4.74 Å². The van der Waals surface area contributed by atoms with Crippen molar-refractivity contribution in [2.75, 3.05) is 19.8 Å². The van der Waals surface area contributed by atoms with Gasteiger partial charge in [-0.25, -0.2) is 4.98 Å². The molecule has 0 amide bonds. The van der Waals surface area contributed by atoms with Crippen molar-refractivity contribution in [1.82, 2.24) is 15.3 Å². The SMILES string of the molecule is CC(C)CNCc1cc(=O)[nH]c(C2CCOCC2)n1. The fraction of sp³-hybridized carbons (Fsp3) is 0.714. The third kappa shape index (κ3) is 4.44. The Bertz CT molecular complexity index is 450. The molecule has 0 aliphatic carbocycles. The number of aromatic amines is 1. The normalized spacial score (nSPS) is 17.0. The summed E-state index contributed by atoms with van der Waals surface area (Å²) in [4.78, 5) is 19.1. The number of nitrogens with one attached hydrogen (secondary N) is 2. The van der Waals surface area contributed by atoms with E-state index in [9.17, 15) is 4.79 Å². The number of H-pyrrole nitrogens is 1. The van der Waals surface area contributed by atoms with Gasteiger partial charge in [0.25, 0.3) is 5.56 Å². The highest BCUT2D eigenvalue weighted by Gasteiger charge is 2.18. The van der Waals surface area contributed by atoms with Crippen LogP contribution < -0.4 is 10.9 Å². The molecule has 0 aromatic carbocycles. The van der Waals surface area contributed by atoms with Crippen LogP contribution in [-0.2, 0) is 11.3 Å². The van der Waals surface area contributed by atoms with Gasteiger partial charge in [0.1, 0.15) is 5.82 Å². The highest BCUT2D eigenvalue weighted by atomic mass is 16.5. The Hall–Kier alpha value is -1.20. The largest absolute Gasteiger partial charge is 0.381 e. The smallest absolute Gasteiger partial charge is 0.251 e. The van der Waals surface area contributed by atoms with E-state index in [0.717, 1.165) is 44.1 Å². The van der Waals surface area contributed by atoms with Crippen LogP contribution in [0.5, 0.6) is 0 Å². The van der Waals surface area contributed by atoms with E-state index in [-0.39, 0.29) is 5.56 Å². The number of rotatable bonds is 5.